The lowest BCUT2D eigenvalue weighted by Gasteiger charge is -2.20. The van der Waals surface area contributed by atoms with E-state index >= 15 is 0 Å². The van der Waals surface area contributed by atoms with Crippen molar-refractivity contribution >= 4 is 11.8 Å². The Morgan fingerprint density at radius 2 is 2.00 bits per heavy atom. The van der Waals surface area contributed by atoms with E-state index in [1.165, 1.54) is 12.1 Å². The van der Waals surface area contributed by atoms with Gasteiger partial charge in [-0.2, -0.15) is 24.9 Å². The van der Waals surface area contributed by atoms with Crippen LogP contribution in [0.4, 0.5) is 13.2 Å². The number of nitrogens with two attached hydrogens (primary N) is 1. The zero-order valence-electron chi connectivity index (χ0n) is 9.42. The van der Waals surface area contributed by atoms with Crippen LogP contribution in [0.1, 0.15) is 24.1 Å². The fraction of sp³-hybridized carbons (Fsp3) is 0.455. The highest BCUT2D eigenvalue weighted by Gasteiger charge is 2.34. The van der Waals surface area contributed by atoms with E-state index in [-0.39, 0.29) is 5.56 Å². The molecular weight excluding hydrogens is 249 g/mol. The summed E-state index contributed by atoms with van der Waals surface area (Å²) in [6, 6.07) is 5.02. The lowest BCUT2D eigenvalue weighted by atomic mass is 10.0. The molecule has 3 N–H and O–H groups in total. The molecule has 0 saturated heterocycles. The first kappa shape index (κ1) is 14.3. The van der Waals surface area contributed by atoms with E-state index in [1.807, 2.05) is 6.92 Å². The highest BCUT2D eigenvalue weighted by Crippen LogP contribution is 2.35. The number of nitrogens with one attached hydrogen (secondary N) is 1. The molecular formula is C11H15F3N2S. The molecule has 0 fully saturated rings. The van der Waals surface area contributed by atoms with Gasteiger partial charge in [-0.3, -0.25) is 11.3 Å². The van der Waals surface area contributed by atoms with Crippen molar-refractivity contribution in [3.8, 4) is 0 Å². The number of rotatable bonds is 5. The third-order valence-electron chi connectivity index (χ3n) is 2.33. The molecule has 0 radical (unpaired) electrons. The van der Waals surface area contributed by atoms with Crippen LogP contribution in [-0.4, -0.2) is 11.5 Å². The highest BCUT2D eigenvalue weighted by molar-refractivity contribution is 7.99. The normalized spacial score (nSPS) is 13.7. The maximum atomic E-state index is 12.8. The maximum Gasteiger partial charge on any atom is 0.416 e. The average molecular weight is 264 g/mol. The third kappa shape index (κ3) is 3.90. The molecule has 0 amide bonds. The van der Waals surface area contributed by atoms with E-state index in [9.17, 15) is 13.2 Å². The van der Waals surface area contributed by atoms with E-state index in [4.69, 9.17) is 5.84 Å². The quantitative estimate of drug-likeness (QED) is 0.634. The van der Waals surface area contributed by atoms with E-state index in [2.05, 4.69) is 5.43 Å². The van der Waals surface area contributed by atoms with Crippen molar-refractivity contribution in [1.82, 2.24) is 5.43 Å². The molecule has 0 aliphatic carbocycles. The summed E-state index contributed by atoms with van der Waals surface area (Å²) >= 11 is 1.55. The van der Waals surface area contributed by atoms with Crippen molar-refractivity contribution in [2.45, 2.75) is 19.1 Å². The molecule has 6 heteroatoms. The van der Waals surface area contributed by atoms with E-state index in [0.717, 1.165) is 11.8 Å². The lowest BCUT2D eigenvalue weighted by Crippen LogP contribution is -2.31. The Bertz CT molecular complexity index is 355. The molecule has 1 aromatic rings. The van der Waals surface area contributed by atoms with Gasteiger partial charge in [-0.15, -0.1) is 0 Å². The predicted octanol–water partition coefficient (Wildman–Crippen LogP) is 2.96. The first-order chi connectivity index (χ1) is 8.00. The summed E-state index contributed by atoms with van der Waals surface area (Å²) < 4.78 is 38.4. The fourth-order valence-corrected chi connectivity index (χ4v) is 2.27. The smallest absolute Gasteiger partial charge is 0.271 e. The number of hydrogen-bond donors (Lipinski definition) is 2. The Kier molecular flexibility index (Phi) is 5.30. The van der Waals surface area contributed by atoms with Crippen molar-refractivity contribution in [1.29, 1.82) is 0 Å². The summed E-state index contributed by atoms with van der Waals surface area (Å²) in [5, 5.41) is 0. The second-order valence-corrected chi connectivity index (χ2v) is 4.78. The Balaban J connectivity index is 3.02. The van der Waals surface area contributed by atoms with Crippen LogP contribution in [0, 0.1) is 0 Å². The summed E-state index contributed by atoms with van der Waals surface area (Å²) in [6.45, 7) is 1.95. The molecule has 1 aromatic carbocycles. The second-order valence-electron chi connectivity index (χ2n) is 3.46. The zero-order valence-corrected chi connectivity index (χ0v) is 10.2. The van der Waals surface area contributed by atoms with Crippen molar-refractivity contribution in [2.24, 2.45) is 5.84 Å². The van der Waals surface area contributed by atoms with Gasteiger partial charge in [0.1, 0.15) is 0 Å². The Morgan fingerprint density at radius 1 is 1.35 bits per heavy atom. The summed E-state index contributed by atoms with van der Waals surface area (Å²) in [4.78, 5) is 0. The zero-order chi connectivity index (χ0) is 12.9. The van der Waals surface area contributed by atoms with Crippen LogP contribution in [0.2, 0.25) is 0 Å². The highest BCUT2D eigenvalue weighted by atomic mass is 32.2. The monoisotopic (exact) mass is 264 g/mol. The molecule has 1 unspecified atom stereocenters. The van der Waals surface area contributed by atoms with Crippen LogP contribution in [-0.2, 0) is 6.18 Å². The van der Waals surface area contributed by atoms with Gasteiger partial charge in [0.25, 0.3) is 0 Å². The minimum atomic E-state index is -4.34. The van der Waals surface area contributed by atoms with Gasteiger partial charge in [0.15, 0.2) is 0 Å². The van der Waals surface area contributed by atoms with Gasteiger partial charge in [0, 0.05) is 5.75 Å². The number of thioether (sulfide) groups is 1. The Hall–Kier alpha value is -0.720. The summed E-state index contributed by atoms with van der Waals surface area (Å²) in [7, 11) is 0. The summed E-state index contributed by atoms with van der Waals surface area (Å²) in [5.74, 6) is 6.68. The van der Waals surface area contributed by atoms with E-state index in [0.29, 0.717) is 5.75 Å². The molecule has 0 aliphatic rings. The van der Waals surface area contributed by atoms with Gasteiger partial charge < -0.3 is 0 Å². The minimum absolute atomic E-state index is 0.198. The van der Waals surface area contributed by atoms with Crippen LogP contribution < -0.4 is 11.3 Å². The fourth-order valence-electron chi connectivity index (χ4n) is 1.52. The maximum absolute atomic E-state index is 12.8. The summed E-state index contributed by atoms with van der Waals surface area (Å²) in [6.07, 6.45) is -4.34. The van der Waals surface area contributed by atoms with Crippen LogP contribution >= 0.6 is 11.8 Å². The average Bonchev–Trinajstić information content (AvgIpc) is 2.29. The first-order valence-corrected chi connectivity index (χ1v) is 6.36. The van der Waals surface area contributed by atoms with Crippen LogP contribution in [0.25, 0.3) is 0 Å². The molecule has 17 heavy (non-hydrogen) atoms. The van der Waals surface area contributed by atoms with Crippen LogP contribution in [0.5, 0.6) is 0 Å². The molecule has 96 valence electrons. The minimum Gasteiger partial charge on any atom is -0.271 e. The SMILES string of the molecule is CCSCC(NN)c1ccccc1C(F)(F)F. The van der Waals surface area contributed by atoms with Crippen molar-refractivity contribution in [2.75, 3.05) is 11.5 Å². The standard InChI is InChI=1S/C11H15F3N2S/c1-2-17-7-10(16-15)8-5-3-4-6-9(8)11(12,13)14/h3-6,10,16H,2,7,15H2,1H3. The topological polar surface area (TPSA) is 38.0 Å². The number of halogens is 3. The molecule has 2 nitrogen and oxygen atoms in total. The van der Waals surface area contributed by atoms with Gasteiger partial charge in [0.2, 0.25) is 0 Å². The van der Waals surface area contributed by atoms with Gasteiger partial charge in [-0.05, 0) is 17.4 Å². The molecule has 0 aromatic heterocycles. The van der Waals surface area contributed by atoms with Gasteiger partial charge in [-0.1, -0.05) is 25.1 Å². The van der Waals surface area contributed by atoms with E-state index in [1.54, 1.807) is 17.8 Å². The number of hydrogen-bond acceptors (Lipinski definition) is 3. The Morgan fingerprint density at radius 3 is 2.53 bits per heavy atom. The van der Waals surface area contributed by atoms with Gasteiger partial charge >= 0.3 is 6.18 Å². The lowest BCUT2D eigenvalue weighted by molar-refractivity contribution is -0.138. The van der Waals surface area contributed by atoms with Crippen molar-refractivity contribution < 1.29 is 13.2 Å². The largest absolute Gasteiger partial charge is 0.416 e. The van der Waals surface area contributed by atoms with Crippen LogP contribution in [0.15, 0.2) is 24.3 Å². The van der Waals surface area contributed by atoms with Gasteiger partial charge in [-0.25, -0.2) is 0 Å². The molecule has 0 bridgehead atoms. The molecule has 0 saturated carbocycles. The number of hydrazine groups is 1. The molecule has 1 atom stereocenters. The molecule has 0 spiro atoms. The first-order valence-electron chi connectivity index (χ1n) is 5.20. The second kappa shape index (κ2) is 6.28. The van der Waals surface area contributed by atoms with Crippen molar-refractivity contribution in [3.05, 3.63) is 35.4 Å². The van der Waals surface area contributed by atoms with Crippen molar-refractivity contribution in [3.63, 3.8) is 0 Å². The third-order valence-corrected chi connectivity index (χ3v) is 3.31. The number of benzene rings is 1. The summed E-state index contributed by atoms with van der Waals surface area (Å²) in [5.41, 5.74) is 2.02. The number of alkyl halides is 3. The molecule has 0 aliphatic heterocycles. The van der Waals surface area contributed by atoms with Crippen LogP contribution in [0.3, 0.4) is 0 Å². The Labute approximate surface area is 103 Å². The predicted molar refractivity (Wildman–Crippen MR) is 64.5 cm³/mol. The molecule has 0 heterocycles. The van der Waals surface area contributed by atoms with E-state index < -0.39 is 17.8 Å². The van der Waals surface area contributed by atoms with Gasteiger partial charge in [0.05, 0.1) is 11.6 Å². The molecule has 1 rings (SSSR count).